The summed E-state index contributed by atoms with van der Waals surface area (Å²) >= 11 is 0. The SMILES string of the molecule is Cc1cc(-c2nnn(C[C@H]3CC[C@H](CO)CC3)n2)cc(C(=O)NCc2ccc(F)c(C)c2)n1. The van der Waals surface area contributed by atoms with Crippen LogP contribution in [0.2, 0.25) is 0 Å². The lowest BCUT2D eigenvalue weighted by Crippen LogP contribution is -2.24. The van der Waals surface area contributed by atoms with E-state index in [9.17, 15) is 14.3 Å². The normalized spacial score (nSPS) is 18.3. The number of aryl methyl sites for hydroxylation is 2. The minimum absolute atomic E-state index is 0.263. The van der Waals surface area contributed by atoms with Gasteiger partial charge in [0.1, 0.15) is 11.5 Å². The van der Waals surface area contributed by atoms with Crippen molar-refractivity contribution in [3.05, 3.63) is 58.7 Å². The average molecular weight is 453 g/mol. The summed E-state index contributed by atoms with van der Waals surface area (Å²) in [6, 6.07) is 8.24. The molecule has 0 unspecified atom stereocenters. The number of aliphatic hydroxyl groups is 1. The first-order chi connectivity index (χ1) is 15.9. The third-order valence-electron chi connectivity index (χ3n) is 6.22. The minimum Gasteiger partial charge on any atom is -0.396 e. The number of pyridine rings is 1. The van der Waals surface area contributed by atoms with Gasteiger partial charge >= 0.3 is 0 Å². The maximum atomic E-state index is 13.5. The summed E-state index contributed by atoms with van der Waals surface area (Å²) in [4.78, 5) is 18.7. The largest absolute Gasteiger partial charge is 0.396 e. The first-order valence-electron chi connectivity index (χ1n) is 11.3. The van der Waals surface area contributed by atoms with Gasteiger partial charge in [0.25, 0.3) is 5.91 Å². The summed E-state index contributed by atoms with van der Waals surface area (Å²) in [5.74, 6) is 0.749. The molecule has 1 saturated carbocycles. The number of hydrogen-bond acceptors (Lipinski definition) is 6. The van der Waals surface area contributed by atoms with E-state index in [-0.39, 0.29) is 30.6 Å². The van der Waals surface area contributed by atoms with Crippen LogP contribution in [0.4, 0.5) is 4.39 Å². The monoisotopic (exact) mass is 452 g/mol. The average Bonchev–Trinajstić information content (AvgIpc) is 3.28. The maximum absolute atomic E-state index is 13.5. The second kappa shape index (κ2) is 10.2. The Hall–Kier alpha value is -3.20. The number of hydrogen-bond donors (Lipinski definition) is 2. The molecule has 1 aromatic carbocycles. The zero-order valence-corrected chi connectivity index (χ0v) is 19.0. The van der Waals surface area contributed by atoms with Gasteiger partial charge in [-0.1, -0.05) is 12.1 Å². The van der Waals surface area contributed by atoms with Gasteiger partial charge in [-0.25, -0.2) is 9.37 Å². The number of halogens is 1. The smallest absolute Gasteiger partial charge is 0.270 e. The summed E-state index contributed by atoms with van der Waals surface area (Å²) in [6.07, 6.45) is 4.16. The quantitative estimate of drug-likeness (QED) is 0.570. The van der Waals surface area contributed by atoms with Gasteiger partial charge in [-0.05, 0) is 85.9 Å². The van der Waals surface area contributed by atoms with Crippen LogP contribution in [0.15, 0.2) is 30.3 Å². The molecule has 4 rings (SSSR count). The van der Waals surface area contributed by atoms with Crippen LogP contribution in [-0.4, -0.2) is 42.8 Å². The zero-order chi connectivity index (χ0) is 23.4. The lowest BCUT2D eigenvalue weighted by molar-refractivity contribution is 0.0945. The molecule has 3 aromatic rings. The minimum atomic E-state index is -0.324. The lowest BCUT2D eigenvalue weighted by atomic mass is 9.82. The molecule has 9 heteroatoms. The molecular formula is C24H29FN6O2. The van der Waals surface area contributed by atoms with Crippen molar-refractivity contribution < 1.29 is 14.3 Å². The zero-order valence-electron chi connectivity index (χ0n) is 19.0. The number of nitrogens with one attached hydrogen (secondary N) is 1. The second-order valence-corrected chi connectivity index (χ2v) is 8.89. The molecule has 2 N–H and O–H groups in total. The molecule has 1 aliphatic rings. The van der Waals surface area contributed by atoms with E-state index in [2.05, 4.69) is 25.7 Å². The Morgan fingerprint density at radius 2 is 1.91 bits per heavy atom. The van der Waals surface area contributed by atoms with Gasteiger partial charge in [0, 0.05) is 24.4 Å². The Morgan fingerprint density at radius 3 is 2.64 bits per heavy atom. The lowest BCUT2D eigenvalue weighted by Gasteiger charge is -2.26. The highest BCUT2D eigenvalue weighted by molar-refractivity contribution is 5.93. The van der Waals surface area contributed by atoms with Crippen molar-refractivity contribution in [2.75, 3.05) is 6.61 Å². The number of tetrazole rings is 1. The van der Waals surface area contributed by atoms with Gasteiger partial charge < -0.3 is 10.4 Å². The van der Waals surface area contributed by atoms with Crippen LogP contribution in [0.1, 0.15) is 53.0 Å². The molecule has 0 saturated heterocycles. The fourth-order valence-corrected chi connectivity index (χ4v) is 4.27. The van der Waals surface area contributed by atoms with Crippen molar-refractivity contribution in [2.24, 2.45) is 11.8 Å². The first kappa shape index (κ1) is 23.0. The van der Waals surface area contributed by atoms with E-state index in [1.54, 1.807) is 29.9 Å². The van der Waals surface area contributed by atoms with Crippen LogP contribution in [-0.2, 0) is 13.1 Å². The van der Waals surface area contributed by atoms with Gasteiger partial charge in [-0.2, -0.15) is 4.80 Å². The second-order valence-electron chi connectivity index (χ2n) is 8.89. The summed E-state index contributed by atoms with van der Waals surface area (Å²) in [7, 11) is 0. The number of nitrogens with zero attached hydrogens (tertiary/aromatic N) is 5. The summed E-state index contributed by atoms with van der Waals surface area (Å²) < 4.78 is 13.5. The van der Waals surface area contributed by atoms with Crippen molar-refractivity contribution in [3.8, 4) is 11.4 Å². The number of carbonyl (C=O) groups is 1. The van der Waals surface area contributed by atoms with Crippen LogP contribution >= 0.6 is 0 Å². The molecule has 0 radical (unpaired) electrons. The van der Waals surface area contributed by atoms with Crippen LogP contribution in [0.25, 0.3) is 11.4 Å². The van der Waals surface area contributed by atoms with Gasteiger partial charge in [0.2, 0.25) is 5.82 Å². The van der Waals surface area contributed by atoms with Crippen LogP contribution in [0.5, 0.6) is 0 Å². The van der Waals surface area contributed by atoms with Gasteiger partial charge in [0.05, 0.1) is 6.54 Å². The predicted octanol–water partition coefficient (Wildman–Crippen LogP) is 3.22. The Balaban J connectivity index is 1.41. The van der Waals surface area contributed by atoms with Crippen molar-refractivity contribution >= 4 is 5.91 Å². The molecule has 33 heavy (non-hydrogen) atoms. The number of aliphatic hydroxyl groups excluding tert-OH is 1. The number of aromatic nitrogens is 5. The van der Waals surface area contributed by atoms with Crippen molar-refractivity contribution in [1.82, 2.24) is 30.5 Å². The molecule has 0 atom stereocenters. The van der Waals surface area contributed by atoms with Crippen molar-refractivity contribution in [1.29, 1.82) is 0 Å². The number of carbonyl (C=O) groups excluding carboxylic acids is 1. The molecule has 2 heterocycles. The van der Waals surface area contributed by atoms with E-state index in [4.69, 9.17) is 0 Å². The molecule has 2 aromatic heterocycles. The topological polar surface area (TPSA) is 106 Å². The third-order valence-corrected chi connectivity index (χ3v) is 6.22. The van der Waals surface area contributed by atoms with Crippen LogP contribution in [0, 0.1) is 31.5 Å². The van der Waals surface area contributed by atoms with Crippen LogP contribution in [0.3, 0.4) is 0 Å². The summed E-state index contributed by atoms with van der Waals surface area (Å²) in [5.41, 5.74) is 2.97. The van der Waals surface area contributed by atoms with Crippen molar-refractivity contribution in [3.63, 3.8) is 0 Å². The van der Waals surface area contributed by atoms with E-state index < -0.39 is 0 Å². The Labute approximate surface area is 192 Å². The Bertz CT molecular complexity index is 1120. The van der Waals surface area contributed by atoms with E-state index in [1.165, 1.54) is 6.07 Å². The van der Waals surface area contributed by atoms with Gasteiger partial charge in [-0.3, -0.25) is 4.79 Å². The summed E-state index contributed by atoms with van der Waals surface area (Å²) in [6.45, 7) is 4.74. The maximum Gasteiger partial charge on any atom is 0.270 e. The number of rotatable bonds is 7. The Kier molecular flexibility index (Phi) is 7.08. The molecular weight excluding hydrogens is 423 g/mol. The molecule has 0 spiro atoms. The molecule has 8 nitrogen and oxygen atoms in total. The standard InChI is InChI=1S/C24H29FN6O2/c1-15-9-19(7-8-21(15)25)12-26-24(33)22-11-20(10-16(2)27-22)23-28-30-31(29-23)13-17-3-5-18(14-32)6-4-17/h7-11,17-18,32H,3-6,12-14H2,1-2H3,(H,26,33)/t17-,18-. The highest BCUT2D eigenvalue weighted by atomic mass is 19.1. The molecule has 1 aliphatic carbocycles. The molecule has 0 bridgehead atoms. The molecule has 1 amide bonds. The molecule has 0 aliphatic heterocycles. The predicted molar refractivity (Wildman–Crippen MR) is 121 cm³/mol. The molecule has 174 valence electrons. The van der Waals surface area contributed by atoms with Crippen molar-refractivity contribution in [2.45, 2.75) is 52.6 Å². The molecule has 1 fully saturated rings. The number of benzene rings is 1. The fraction of sp³-hybridized carbons (Fsp3) is 0.458. The number of amides is 1. The fourth-order valence-electron chi connectivity index (χ4n) is 4.27. The van der Waals surface area contributed by atoms with E-state index >= 15 is 0 Å². The highest BCUT2D eigenvalue weighted by Crippen LogP contribution is 2.29. The third kappa shape index (κ3) is 5.78. The van der Waals surface area contributed by atoms with Gasteiger partial charge in [0.15, 0.2) is 0 Å². The van der Waals surface area contributed by atoms with Gasteiger partial charge in [-0.15, -0.1) is 10.2 Å². The summed E-state index contributed by atoms with van der Waals surface area (Å²) in [5, 5.41) is 25.0. The van der Waals surface area contributed by atoms with Crippen LogP contribution < -0.4 is 5.32 Å². The Morgan fingerprint density at radius 1 is 1.15 bits per heavy atom. The highest BCUT2D eigenvalue weighted by Gasteiger charge is 2.22. The van der Waals surface area contributed by atoms with E-state index in [1.807, 2.05) is 13.0 Å². The van der Waals surface area contributed by atoms with E-state index in [0.717, 1.165) is 31.2 Å². The van der Waals surface area contributed by atoms with E-state index in [0.29, 0.717) is 41.0 Å². The first-order valence-corrected chi connectivity index (χ1v) is 11.3.